The van der Waals surface area contributed by atoms with Crippen molar-refractivity contribution in [1.82, 2.24) is 0 Å². The Kier molecular flexibility index (Phi) is 11.3. The molecule has 0 saturated heterocycles. The van der Waals surface area contributed by atoms with Crippen LogP contribution in [0.15, 0.2) is 54.6 Å². The average molecular weight is 497 g/mol. The van der Waals surface area contributed by atoms with Crippen LogP contribution in [0.5, 0.6) is 0 Å². The standard InChI is InChI=1S/C24H33N2O5P.ClH/c1-17(2)14-21(15-32(30,16-25)31-4)23(27)26(18(3)24(28)29)22-12-10-20(11-13-22)19-8-6-5-7-9-19;/h5-13,17-18,21H,14-16,25H2,1-4H3,(H,28,29);1H/t18-,21?,32?;/m0./s1. The molecule has 2 rings (SSSR count). The van der Waals surface area contributed by atoms with Crippen LogP contribution >= 0.6 is 19.8 Å². The van der Waals surface area contributed by atoms with Gasteiger partial charge in [0, 0.05) is 24.9 Å². The summed E-state index contributed by atoms with van der Waals surface area (Å²) in [7, 11) is -1.87. The molecule has 33 heavy (non-hydrogen) atoms. The highest BCUT2D eigenvalue weighted by atomic mass is 35.5. The number of nitrogens with zero attached hydrogens (tertiary/aromatic N) is 1. The molecule has 7 nitrogen and oxygen atoms in total. The van der Waals surface area contributed by atoms with Crippen LogP contribution in [-0.4, -0.2) is 42.6 Å². The molecule has 2 unspecified atom stereocenters. The molecule has 0 fully saturated rings. The molecule has 0 aliphatic carbocycles. The number of benzene rings is 2. The van der Waals surface area contributed by atoms with E-state index in [0.717, 1.165) is 11.1 Å². The van der Waals surface area contributed by atoms with E-state index >= 15 is 0 Å². The van der Waals surface area contributed by atoms with Gasteiger partial charge in [-0.25, -0.2) is 4.79 Å². The first-order chi connectivity index (χ1) is 15.1. The van der Waals surface area contributed by atoms with E-state index in [1.165, 1.54) is 18.9 Å². The number of amides is 1. The molecule has 3 atom stereocenters. The lowest BCUT2D eigenvalue weighted by molar-refractivity contribution is -0.140. The number of aliphatic carboxylic acids is 1. The molecule has 0 aliphatic rings. The summed E-state index contributed by atoms with van der Waals surface area (Å²) in [4.78, 5) is 26.8. The Balaban J connectivity index is 0.00000544. The van der Waals surface area contributed by atoms with Crippen LogP contribution in [0.1, 0.15) is 27.2 Å². The van der Waals surface area contributed by atoms with Crippen molar-refractivity contribution >= 4 is 37.3 Å². The van der Waals surface area contributed by atoms with Crippen LogP contribution in [-0.2, 0) is 18.7 Å². The Morgan fingerprint density at radius 3 is 2.03 bits per heavy atom. The number of rotatable bonds is 11. The van der Waals surface area contributed by atoms with E-state index < -0.39 is 31.2 Å². The third kappa shape index (κ3) is 7.68. The number of carbonyl (C=O) groups excluding carboxylic acids is 1. The number of carbonyl (C=O) groups is 2. The lowest BCUT2D eigenvalue weighted by atomic mass is 9.96. The van der Waals surface area contributed by atoms with Crippen LogP contribution in [0.3, 0.4) is 0 Å². The molecule has 182 valence electrons. The Morgan fingerprint density at radius 2 is 1.58 bits per heavy atom. The fourth-order valence-electron chi connectivity index (χ4n) is 3.68. The molecular weight excluding hydrogens is 463 g/mol. The van der Waals surface area contributed by atoms with Crippen molar-refractivity contribution in [3.8, 4) is 11.1 Å². The first-order valence-corrected chi connectivity index (χ1v) is 12.7. The van der Waals surface area contributed by atoms with Gasteiger partial charge in [0.15, 0.2) is 0 Å². The monoisotopic (exact) mass is 496 g/mol. The summed E-state index contributed by atoms with van der Waals surface area (Å²) >= 11 is 0. The first-order valence-electron chi connectivity index (χ1n) is 10.7. The number of carboxylic acid groups (broad SMARTS) is 1. The number of halogens is 1. The Morgan fingerprint density at radius 1 is 1.03 bits per heavy atom. The highest BCUT2D eigenvalue weighted by Crippen LogP contribution is 2.47. The van der Waals surface area contributed by atoms with Crippen LogP contribution in [0.2, 0.25) is 0 Å². The molecule has 0 spiro atoms. The Bertz CT molecular complexity index is 945. The minimum absolute atomic E-state index is 0. The van der Waals surface area contributed by atoms with Crippen LogP contribution in [0.25, 0.3) is 11.1 Å². The summed E-state index contributed by atoms with van der Waals surface area (Å²) in [5.41, 5.74) is 8.10. The van der Waals surface area contributed by atoms with Gasteiger partial charge in [0.05, 0.1) is 6.29 Å². The van der Waals surface area contributed by atoms with Gasteiger partial charge in [-0.05, 0) is 42.5 Å². The van der Waals surface area contributed by atoms with Crippen molar-refractivity contribution in [2.24, 2.45) is 17.6 Å². The zero-order valence-electron chi connectivity index (χ0n) is 19.5. The molecule has 3 N–H and O–H groups in total. The number of carboxylic acids is 1. The maximum absolute atomic E-state index is 13.6. The van der Waals surface area contributed by atoms with E-state index in [0.29, 0.717) is 12.1 Å². The van der Waals surface area contributed by atoms with E-state index in [2.05, 4.69) is 0 Å². The van der Waals surface area contributed by atoms with Crippen molar-refractivity contribution in [2.75, 3.05) is 24.5 Å². The van der Waals surface area contributed by atoms with Gasteiger partial charge in [0.25, 0.3) is 0 Å². The molecule has 2 aromatic rings. The van der Waals surface area contributed by atoms with Gasteiger partial charge >= 0.3 is 5.97 Å². The zero-order chi connectivity index (χ0) is 23.9. The SMILES string of the molecule is COP(=O)(CN)CC(CC(C)C)C(=O)N(c1ccc(-c2ccccc2)cc1)[C@@H](C)C(=O)O.Cl. The molecule has 1 amide bonds. The first kappa shape index (κ1) is 28.9. The topological polar surface area (TPSA) is 110 Å². The third-order valence-corrected chi connectivity index (χ3v) is 7.67. The molecule has 0 aliphatic heterocycles. The van der Waals surface area contributed by atoms with E-state index in [1.54, 1.807) is 12.1 Å². The van der Waals surface area contributed by atoms with E-state index in [1.807, 2.05) is 56.3 Å². The normalized spacial score (nSPS) is 14.6. The second kappa shape index (κ2) is 12.9. The quantitative estimate of drug-likeness (QED) is 0.419. The average Bonchev–Trinajstić information content (AvgIpc) is 2.79. The lowest BCUT2D eigenvalue weighted by Gasteiger charge is -2.32. The van der Waals surface area contributed by atoms with Gasteiger partial charge in [0.2, 0.25) is 13.3 Å². The fourth-order valence-corrected chi connectivity index (χ4v) is 5.10. The predicted molar refractivity (Wildman–Crippen MR) is 135 cm³/mol. The Hall–Kier alpha value is -2.18. The van der Waals surface area contributed by atoms with Crippen LogP contribution in [0.4, 0.5) is 5.69 Å². The van der Waals surface area contributed by atoms with Crippen molar-refractivity contribution < 1.29 is 23.8 Å². The van der Waals surface area contributed by atoms with Crippen molar-refractivity contribution in [3.05, 3.63) is 54.6 Å². The van der Waals surface area contributed by atoms with E-state index in [-0.39, 0.29) is 30.8 Å². The maximum atomic E-state index is 13.6. The predicted octanol–water partition coefficient (Wildman–Crippen LogP) is 5.08. The summed E-state index contributed by atoms with van der Waals surface area (Å²) < 4.78 is 18.0. The summed E-state index contributed by atoms with van der Waals surface area (Å²) in [6.07, 6.45) is 0.241. The molecule has 9 heteroatoms. The van der Waals surface area contributed by atoms with Gasteiger partial charge in [-0.1, -0.05) is 56.3 Å². The largest absolute Gasteiger partial charge is 0.480 e. The van der Waals surface area contributed by atoms with Crippen molar-refractivity contribution in [1.29, 1.82) is 0 Å². The van der Waals surface area contributed by atoms with Gasteiger partial charge in [-0.15, -0.1) is 12.4 Å². The molecular formula is C24H34ClN2O5P. The Labute approximate surface area is 202 Å². The van der Waals surface area contributed by atoms with E-state index in [9.17, 15) is 19.3 Å². The van der Waals surface area contributed by atoms with Gasteiger partial charge in [-0.2, -0.15) is 0 Å². The minimum atomic E-state index is -3.20. The maximum Gasteiger partial charge on any atom is 0.326 e. The minimum Gasteiger partial charge on any atom is -0.480 e. The highest BCUT2D eigenvalue weighted by Gasteiger charge is 2.36. The lowest BCUT2D eigenvalue weighted by Crippen LogP contribution is -2.47. The molecule has 0 heterocycles. The molecule has 0 aromatic heterocycles. The smallest absolute Gasteiger partial charge is 0.326 e. The number of hydrogen-bond acceptors (Lipinski definition) is 5. The van der Waals surface area contributed by atoms with Crippen molar-refractivity contribution in [2.45, 2.75) is 33.2 Å². The van der Waals surface area contributed by atoms with Gasteiger partial charge < -0.3 is 15.4 Å². The van der Waals surface area contributed by atoms with Crippen LogP contribution < -0.4 is 10.6 Å². The summed E-state index contributed by atoms with van der Waals surface area (Å²) in [5, 5.41) is 9.69. The highest BCUT2D eigenvalue weighted by molar-refractivity contribution is 7.58. The summed E-state index contributed by atoms with van der Waals surface area (Å²) in [6, 6.07) is 15.9. The number of nitrogens with two attached hydrogens (primary N) is 1. The fraction of sp³-hybridized carbons (Fsp3) is 0.417. The van der Waals surface area contributed by atoms with E-state index in [4.69, 9.17) is 10.3 Å². The van der Waals surface area contributed by atoms with Crippen LogP contribution in [0, 0.1) is 11.8 Å². The molecule has 0 radical (unpaired) electrons. The second-order valence-corrected chi connectivity index (χ2v) is 11.0. The molecule has 2 aromatic carbocycles. The zero-order valence-corrected chi connectivity index (χ0v) is 21.2. The van der Waals surface area contributed by atoms with Gasteiger partial charge in [0.1, 0.15) is 6.04 Å². The third-order valence-electron chi connectivity index (χ3n) is 5.45. The van der Waals surface area contributed by atoms with Gasteiger partial charge in [-0.3, -0.25) is 14.3 Å². The summed E-state index contributed by atoms with van der Waals surface area (Å²) in [6.45, 7) is 5.39. The van der Waals surface area contributed by atoms with Crippen molar-refractivity contribution in [3.63, 3.8) is 0 Å². The second-order valence-electron chi connectivity index (χ2n) is 8.32. The number of anilines is 1. The number of hydrogen-bond donors (Lipinski definition) is 2. The molecule has 0 bridgehead atoms. The molecule has 0 saturated carbocycles. The summed E-state index contributed by atoms with van der Waals surface area (Å²) in [5.74, 6) is -2.07.